The highest BCUT2D eigenvalue weighted by atomic mass is 16.3. The highest BCUT2D eigenvalue weighted by molar-refractivity contribution is 5.52. The molecule has 1 aliphatic rings. The van der Waals surface area contributed by atoms with Gasteiger partial charge in [-0.15, -0.1) is 0 Å². The van der Waals surface area contributed by atoms with Crippen LogP contribution in [0.25, 0.3) is 0 Å². The second-order valence-corrected chi connectivity index (χ2v) is 4.71. The number of aliphatic hydroxyl groups excluding tert-OH is 1. The first-order valence-electron chi connectivity index (χ1n) is 6.23. The van der Waals surface area contributed by atoms with Crippen LogP contribution in [0.5, 0.6) is 0 Å². The predicted molar refractivity (Wildman–Crippen MR) is 68.2 cm³/mol. The number of aliphatic hydroxyl groups is 1. The van der Waals surface area contributed by atoms with Gasteiger partial charge in [0.15, 0.2) is 0 Å². The van der Waals surface area contributed by atoms with E-state index in [1.807, 2.05) is 25.7 Å². The minimum atomic E-state index is 0.225. The summed E-state index contributed by atoms with van der Waals surface area (Å²) in [6.07, 6.45) is 2.22. The fourth-order valence-corrected chi connectivity index (χ4v) is 2.74. The molecule has 0 radical (unpaired) electrons. The summed E-state index contributed by atoms with van der Waals surface area (Å²) in [5, 5.41) is 17.1. The Kier molecular flexibility index (Phi) is 3.69. The van der Waals surface area contributed by atoms with Crippen LogP contribution in [-0.4, -0.2) is 41.1 Å². The van der Waals surface area contributed by atoms with E-state index in [0.717, 1.165) is 37.4 Å². The highest BCUT2D eigenvalue weighted by Gasteiger charge is 2.28. The Labute approximate surface area is 102 Å². The van der Waals surface area contributed by atoms with E-state index in [1.165, 1.54) is 5.56 Å². The molecular formula is C12H22N4O. The molecule has 2 heterocycles. The van der Waals surface area contributed by atoms with E-state index in [2.05, 4.69) is 15.3 Å². The van der Waals surface area contributed by atoms with Crippen LogP contribution in [0.3, 0.4) is 0 Å². The van der Waals surface area contributed by atoms with Crippen molar-refractivity contribution in [1.29, 1.82) is 0 Å². The summed E-state index contributed by atoms with van der Waals surface area (Å²) in [6, 6.07) is 0.250. The Hall–Kier alpha value is -1.07. The van der Waals surface area contributed by atoms with Crippen LogP contribution >= 0.6 is 0 Å². The van der Waals surface area contributed by atoms with Gasteiger partial charge in [0.25, 0.3) is 0 Å². The molecule has 1 unspecified atom stereocenters. The highest BCUT2D eigenvalue weighted by Crippen LogP contribution is 2.29. The van der Waals surface area contributed by atoms with Crippen LogP contribution in [0, 0.1) is 6.92 Å². The van der Waals surface area contributed by atoms with Gasteiger partial charge in [-0.2, -0.15) is 5.10 Å². The van der Waals surface area contributed by atoms with Crippen molar-refractivity contribution in [3.63, 3.8) is 0 Å². The van der Waals surface area contributed by atoms with E-state index in [-0.39, 0.29) is 12.6 Å². The lowest BCUT2D eigenvalue weighted by molar-refractivity contribution is 0.265. The topological polar surface area (TPSA) is 53.3 Å². The van der Waals surface area contributed by atoms with Crippen molar-refractivity contribution in [3.05, 3.63) is 11.3 Å². The fourth-order valence-electron chi connectivity index (χ4n) is 2.74. The van der Waals surface area contributed by atoms with Gasteiger partial charge in [0.1, 0.15) is 5.82 Å². The molecule has 0 aromatic carbocycles. The molecule has 5 nitrogen and oxygen atoms in total. The first kappa shape index (κ1) is 12.4. The van der Waals surface area contributed by atoms with E-state index in [4.69, 9.17) is 0 Å². The standard InChI is InChI=1S/C12H22N4O/c1-9-11(7-13-2)12(15(3)14-9)16-6-4-5-10(16)8-17/h10,13,17H,4-8H2,1-3H3. The minimum absolute atomic E-state index is 0.225. The van der Waals surface area contributed by atoms with Crippen molar-refractivity contribution in [2.75, 3.05) is 25.1 Å². The molecule has 1 saturated heterocycles. The zero-order chi connectivity index (χ0) is 12.4. The quantitative estimate of drug-likeness (QED) is 0.798. The number of nitrogens with zero attached hydrogens (tertiary/aromatic N) is 3. The Morgan fingerprint density at radius 2 is 2.29 bits per heavy atom. The molecule has 2 N–H and O–H groups in total. The molecule has 1 aromatic heterocycles. The van der Waals surface area contributed by atoms with Crippen molar-refractivity contribution in [3.8, 4) is 0 Å². The Morgan fingerprint density at radius 1 is 1.53 bits per heavy atom. The summed E-state index contributed by atoms with van der Waals surface area (Å²) in [6.45, 7) is 4.11. The summed E-state index contributed by atoms with van der Waals surface area (Å²) in [5.41, 5.74) is 2.32. The number of nitrogens with one attached hydrogen (secondary N) is 1. The van der Waals surface area contributed by atoms with Crippen molar-refractivity contribution in [1.82, 2.24) is 15.1 Å². The molecule has 0 bridgehead atoms. The van der Waals surface area contributed by atoms with Crippen molar-refractivity contribution < 1.29 is 5.11 Å². The molecule has 1 aromatic rings. The van der Waals surface area contributed by atoms with Crippen LogP contribution in [0.2, 0.25) is 0 Å². The molecule has 0 amide bonds. The Balaban J connectivity index is 2.36. The molecular weight excluding hydrogens is 216 g/mol. The van der Waals surface area contributed by atoms with Gasteiger partial charge in [0, 0.05) is 25.7 Å². The average molecular weight is 238 g/mol. The van der Waals surface area contributed by atoms with Crippen LogP contribution in [0.1, 0.15) is 24.1 Å². The molecule has 5 heteroatoms. The predicted octanol–water partition coefficient (Wildman–Crippen LogP) is 0.409. The van der Waals surface area contributed by atoms with E-state index in [9.17, 15) is 5.11 Å². The number of rotatable bonds is 4. The summed E-state index contributed by atoms with van der Waals surface area (Å²) >= 11 is 0. The maximum Gasteiger partial charge on any atom is 0.131 e. The second-order valence-electron chi connectivity index (χ2n) is 4.71. The fraction of sp³-hybridized carbons (Fsp3) is 0.750. The summed E-state index contributed by atoms with van der Waals surface area (Å²) in [7, 11) is 3.93. The summed E-state index contributed by atoms with van der Waals surface area (Å²) in [5.74, 6) is 1.16. The lowest BCUT2D eigenvalue weighted by Gasteiger charge is -2.26. The zero-order valence-electron chi connectivity index (χ0n) is 10.9. The number of aromatic nitrogens is 2. The third kappa shape index (κ3) is 2.17. The van der Waals surface area contributed by atoms with Crippen LogP contribution in [-0.2, 0) is 13.6 Å². The molecule has 0 aliphatic carbocycles. The number of hydrogen-bond acceptors (Lipinski definition) is 4. The molecule has 1 fully saturated rings. The van der Waals surface area contributed by atoms with Crippen molar-refractivity contribution in [2.24, 2.45) is 7.05 Å². The Morgan fingerprint density at radius 3 is 2.94 bits per heavy atom. The third-order valence-corrected chi connectivity index (χ3v) is 3.53. The monoisotopic (exact) mass is 238 g/mol. The van der Waals surface area contributed by atoms with Crippen LogP contribution in [0.4, 0.5) is 5.82 Å². The molecule has 1 atom stereocenters. The smallest absolute Gasteiger partial charge is 0.131 e. The van der Waals surface area contributed by atoms with Gasteiger partial charge in [-0.05, 0) is 26.8 Å². The maximum atomic E-state index is 9.43. The normalized spacial score (nSPS) is 20.2. The molecule has 1 aliphatic heterocycles. The first-order valence-corrected chi connectivity index (χ1v) is 6.23. The lowest BCUT2D eigenvalue weighted by Crippen LogP contribution is -2.34. The minimum Gasteiger partial charge on any atom is -0.394 e. The van der Waals surface area contributed by atoms with Gasteiger partial charge in [-0.3, -0.25) is 4.68 Å². The number of aryl methyl sites for hydroxylation is 2. The van der Waals surface area contributed by atoms with E-state index >= 15 is 0 Å². The van der Waals surface area contributed by atoms with E-state index in [0.29, 0.717) is 0 Å². The molecule has 96 valence electrons. The maximum absolute atomic E-state index is 9.43. The second kappa shape index (κ2) is 5.06. The summed E-state index contributed by atoms with van der Waals surface area (Å²) < 4.78 is 1.94. The number of hydrogen-bond donors (Lipinski definition) is 2. The number of anilines is 1. The molecule has 2 rings (SSSR count). The van der Waals surface area contributed by atoms with Gasteiger partial charge < -0.3 is 15.3 Å². The third-order valence-electron chi connectivity index (χ3n) is 3.53. The lowest BCUT2D eigenvalue weighted by atomic mass is 10.2. The van der Waals surface area contributed by atoms with Gasteiger partial charge in [-0.25, -0.2) is 0 Å². The largest absolute Gasteiger partial charge is 0.394 e. The summed E-state index contributed by atoms with van der Waals surface area (Å²) in [4.78, 5) is 2.30. The van der Waals surface area contributed by atoms with Crippen LogP contribution in [0.15, 0.2) is 0 Å². The Bertz CT molecular complexity index is 388. The van der Waals surface area contributed by atoms with Crippen LogP contribution < -0.4 is 10.2 Å². The zero-order valence-corrected chi connectivity index (χ0v) is 10.9. The van der Waals surface area contributed by atoms with Crippen molar-refractivity contribution in [2.45, 2.75) is 32.4 Å². The van der Waals surface area contributed by atoms with Gasteiger partial charge in [0.05, 0.1) is 18.3 Å². The average Bonchev–Trinajstić information content (AvgIpc) is 2.85. The first-order chi connectivity index (χ1) is 8.19. The molecule has 17 heavy (non-hydrogen) atoms. The molecule has 0 saturated carbocycles. The van der Waals surface area contributed by atoms with E-state index < -0.39 is 0 Å². The SMILES string of the molecule is CNCc1c(C)nn(C)c1N1CCCC1CO. The van der Waals surface area contributed by atoms with Gasteiger partial charge in [0.2, 0.25) is 0 Å². The van der Waals surface area contributed by atoms with E-state index in [1.54, 1.807) is 0 Å². The molecule has 0 spiro atoms. The van der Waals surface area contributed by atoms with Crippen molar-refractivity contribution >= 4 is 5.82 Å². The van der Waals surface area contributed by atoms with Gasteiger partial charge >= 0.3 is 0 Å². The van der Waals surface area contributed by atoms with Gasteiger partial charge in [-0.1, -0.05) is 0 Å².